The van der Waals surface area contributed by atoms with Gasteiger partial charge in [0.2, 0.25) is 0 Å². The quantitative estimate of drug-likeness (QED) is 0.792. The first-order valence-electron chi connectivity index (χ1n) is 8.49. The predicted molar refractivity (Wildman–Crippen MR) is 91.9 cm³/mol. The molecule has 1 aromatic carbocycles. The number of carbonyl (C=O) groups excluding carboxylic acids is 1. The molecule has 0 aliphatic carbocycles. The first kappa shape index (κ1) is 15.9. The Hall–Kier alpha value is -1.94. The molecular weight excluding hydrogens is 286 g/mol. The van der Waals surface area contributed by atoms with E-state index in [1.807, 2.05) is 35.0 Å². The Morgan fingerprint density at radius 1 is 1.39 bits per heavy atom. The van der Waals surface area contributed by atoms with E-state index < -0.39 is 0 Å². The highest BCUT2D eigenvalue weighted by molar-refractivity contribution is 5.96. The number of benzene rings is 1. The van der Waals surface area contributed by atoms with Gasteiger partial charge in [0.25, 0.3) is 0 Å². The Labute approximate surface area is 138 Å². The molecule has 0 radical (unpaired) electrons. The Morgan fingerprint density at radius 2 is 2.26 bits per heavy atom. The van der Waals surface area contributed by atoms with Crippen molar-refractivity contribution in [1.29, 1.82) is 0 Å². The van der Waals surface area contributed by atoms with Gasteiger partial charge in [-0.15, -0.1) is 0 Å². The number of ketones is 1. The molecule has 2 aromatic rings. The minimum atomic E-state index is 0.252. The van der Waals surface area contributed by atoms with Crippen molar-refractivity contribution in [2.45, 2.75) is 39.2 Å². The molecule has 4 nitrogen and oxygen atoms in total. The van der Waals surface area contributed by atoms with Crippen LogP contribution in [-0.2, 0) is 0 Å². The molecule has 1 aliphatic rings. The topological polar surface area (TPSA) is 38.1 Å². The average Bonchev–Trinajstić information content (AvgIpc) is 3.10. The molecule has 0 N–H and O–H groups in total. The number of hydrogen-bond donors (Lipinski definition) is 0. The van der Waals surface area contributed by atoms with E-state index in [1.54, 1.807) is 12.5 Å². The van der Waals surface area contributed by atoms with Gasteiger partial charge in [0.05, 0.1) is 6.33 Å². The molecule has 1 fully saturated rings. The minimum absolute atomic E-state index is 0.252. The van der Waals surface area contributed by atoms with Crippen LogP contribution in [0.5, 0.6) is 0 Å². The molecule has 1 saturated heterocycles. The molecule has 1 aliphatic heterocycles. The van der Waals surface area contributed by atoms with E-state index in [1.165, 1.54) is 13.0 Å². The van der Waals surface area contributed by atoms with Gasteiger partial charge in [-0.2, -0.15) is 0 Å². The summed E-state index contributed by atoms with van der Waals surface area (Å²) in [6.45, 7) is 6.68. The summed E-state index contributed by atoms with van der Waals surface area (Å²) in [4.78, 5) is 19.2. The lowest BCUT2D eigenvalue weighted by atomic mass is 9.90. The van der Waals surface area contributed by atoms with E-state index in [0.29, 0.717) is 18.4 Å². The zero-order valence-electron chi connectivity index (χ0n) is 14.0. The zero-order chi connectivity index (χ0) is 16.2. The lowest BCUT2D eigenvalue weighted by Crippen LogP contribution is -2.40. The Morgan fingerprint density at radius 3 is 3.00 bits per heavy atom. The normalized spacial score (nSPS) is 19.2. The van der Waals surface area contributed by atoms with E-state index in [2.05, 4.69) is 23.7 Å². The largest absolute Gasteiger partial charge is 0.306 e. The molecular formula is C19H25N3O. The minimum Gasteiger partial charge on any atom is -0.306 e. The van der Waals surface area contributed by atoms with Crippen LogP contribution in [-0.4, -0.2) is 39.4 Å². The van der Waals surface area contributed by atoms with Gasteiger partial charge < -0.3 is 9.47 Å². The SMILES string of the molecule is CC(C)N1CCC[C@@H](CC(=O)c2cccc(-n3ccnc3)c2)C1. The molecule has 0 amide bonds. The van der Waals surface area contributed by atoms with Crippen LogP contribution in [0.1, 0.15) is 43.5 Å². The maximum absolute atomic E-state index is 12.7. The van der Waals surface area contributed by atoms with Crippen LogP contribution in [0, 0.1) is 5.92 Å². The summed E-state index contributed by atoms with van der Waals surface area (Å²) < 4.78 is 1.93. The highest BCUT2D eigenvalue weighted by Gasteiger charge is 2.24. The summed E-state index contributed by atoms with van der Waals surface area (Å²) >= 11 is 0. The van der Waals surface area contributed by atoms with E-state index in [9.17, 15) is 4.79 Å². The third-order valence-corrected chi connectivity index (χ3v) is 4.73. The van der Waals surface area contributed by atoms with Crippen LogP contribution in [0.4, 0.5) is 0 Å². The molecule has 23 heavy (non-hydrogen) atoms. The molecule has 3 rings (SSSR count). The van der Waals surface area contributed by atoms with E-state index in [4.69, 9.17) is 0 Å². The average molecular weight is 311 g/mol. The second kappa shape index (κ2) is 7.09. The second-order valence-electron chi connectivity index (χ2n) is 6.74. The molecule has 0 saturated carbocycles. The maximum atomic E-state index is 12.7. The van der Waals surface area contributed by atoms with Crippen LogP contribution in [0.25, 0.3) is 5.69 Å². The molecule has 1 atom stereocenters. The third kappa shape index (κ3) is 3.88. The lowest BCUT2D eigenvalue weighted by molar-refractivity contribution is 0.0890. The van der Waals surface area contributed by atoms with E-state index in [0.717, 1.165) is 24.2 Å². The fourth-order valence-electron chi connectivity index (χ4n) is 3.36. The van der Waals surface area contributed by atoms with Crippen molar-refractivity contribution >= 4 is 5.78 Å². The number of likely N-dealkylation sites (tertiary alicyclic amines) is 1. The number of nitrogens with zero attached hydrogens (tertiary/aromatic N) is 3. The molecule has 4 heteroatoms. The number of imidazole rings is 1. The Kier molecular flexibility index (Phi) is 4.91. The smallest absolute Gasteiger partial charge is 0.163 e. The molecule has 0 bridgehead atoms. The van der Waals surface area contributed by atoms with E-state index >= 15 is 0 Å². The van der Waals surface area contributed by atoms with Crippen LogP contribution in [0.3, 0.4) is 0 Å². The number of carbonyl (C=O) groups is 1. The van der Waals surface area contributed by atoms with Gasteiger partial charge in [-0.25, -0.2) is 4.98 Å². The lowest BCUT2D eigenvalue weighted by Gasteiger charge is -2.35. The standard InChI is InChI=1S/C19H25N3O/c1-15(2)21-9-4-5-16(13-21)11-19(23)17-6-3-7-18(12-17)22-10-8-20-14-22/h3,6-8,10,12,14-16H,4-5,9,11,13H2,1-2H3/t16-/m0/s1. The van der Waals surface area contributed by atoms with Crippen molar-refractivity contribution in [2.24, 2.45) is 5.92 Å². The van der Waals surface area contributed by atoms with E-state index in [-0.39, 0.29) is 5.78 Å². The summed E-state index contributed by atoms with van der Waals surface area (Å²) in [6.07, 6.45) is 8.41. The fourth-order valence-corrected chi connectivity index (χ4v) is 3.36. The van der Waals surface area contributed by atoms with Crippen LogP contribution < -0.4 is 0 Å². The summed E-state index contributed by atoms with van der Waals surface area (Å²) in [5.41, 5.74) is 1.79. The first-order chi connectivity index (χ1) is 11.1. The van der Waals surface area contributed by atoms with Gasteiger partial charge in [-0.1, -0.05) is 12.1 Å². The number of piperidine rings is 1. The van der Waals surface area contributed by atoms with Gasteiger partial charge in [-0.3, -0.25) is 4.79 Å². The molecule has 2 heterocycles. The van der Waals surface area contributed by atoms with Crippen LogP contribution in [0.15, 0.2) is 43.0 Å². The van der Waals surface area contributed by atoms with Crippen molar-refractivity contribution < 1.29 is 4.79 Å². The van der Waals surface area contributed by atoms with Crippen LogP contribution in [0.2, 0.25) is 0 Å². The van der Waals surface area contributed by atoms with Crippen LogP contribution >= 0.6 is 0 Å². The summed E-state index contributed by atoms with van der Waals surface area (Å²) in [6, 6.07) is 8.40. The Bertz CT molecular complexity index is 648. The fraction of sp³-hybridized carbons (Fsp3) is 0.474. The summed E-state index contributed by atoms with van der Waals surface area (Å²) in [5.74, 6) is 0.734. The summed E-state index contributed by atoms with van der Waals surface area (Å²) in [5, 5.41) is 0. The number of rotatable bonds is 5. The molecule has 0 spiro atoms. The first-order valence-corrected chi connectivity index (χ1v) is 8.49. The predicted octanol–water partition coefficient (Wildman–Crippen LogP) is 3.57. The van der Waals surface area contributed by atoms with Crippen molar-refractivity contribution in [2.75, 3.05) is 13.1 Å². The van der Waals surface area contributed by atoms with Crippen molar-refractivity contribution in [3.63, 3.8) is 0 Å². The molecule has 0 unspecified atom stereocenters. The van der Waals surface area contributed by atoms with Gasteiger partial charge in [0.15, 0.2) is 5.78 Å². The van der Waals surface area contributed by atoms with Crippen molar-refractivity contribution in [1.82, 2.24) is 14.5 Å². The highest BCUT2D eigenvalue weighted by Crippen LogP contribution is 2.23. The van der Waals surface area contributed by atoms with Gasteiger partial charge in [0, 0.05) is 42.7 Å². The van der Waals surface area contributed by atoms with Crippen molar-refractivity contribution in [3.8, 4) is 5.69 Å². The van der Waals surface area contributed by atoms with Gasteiger partial charge in [0.1, 0.15) is 0 Å². The number of Topliss-reactive ketones (excluding diaryl/α,β-unsaturated/α-hetero) is 1. The highest BCUT2D eigenvalue weighted by atomic mass is 16.1. The second-order valence-corrected chi connectivity index (χ2v) is 6.74. The molecule has 122 valence electrons. The monoisotopic (exact) mass is 311 g/mol. The number of aromatic nitrogens is 2. The third-order valence-electron chi connectivity index (χ3n) is 4.73. The van der Waals surface area contributed by atoms with Crippen molar-refractivity contribution in [3.05, 3.63) is 48.5 Å². The summed E-state index contributed by atoms with van der Waals surface area (Å²) in [7, 11) is 0. The maximum Gasteiger partial charge on any atom is 0.163 e. The molecule has 1 aromatic heterocycles. The Balaban J connectivity index is 1.68. The zero-order valence-corrected chi connectivity index (χ0v) is 14.0. The van der Waals surface area contributed by atoms with Gasteiger partial charge >= 0.3 is 0 Å². The number of hydrogen-bond acceptors (Lipinski definition) is 3. The van der Waals surface area contributed by atoms with Gasteiger partial charge in [-0.05, 0) is 51.3 Å².